The first-order chi connectivity index (χ1) is 24.8. The van der Waals surface area contributed by atoms with E-state index < -0.39 is 0 Å². The standard InChI is InChI=1S/C48H34N2/c1-3-11-33(12-4-1)35-19-25-39(26-20-35)49-45-17-9-7-15-41(45)43-31-37(23-29-47(43)49)38-24-30-48-44(32-38)42-16-8-10-18-46(42)50(48)40-27-21-36(22-28-40)34-13-5-2-6-14-34/h1-21,23-32,36H,22H2. The quantitative estimate of drug-likeness (QED) is 0.178. The normalized spacial score (nSPS) is 14.6. The monoisotopic (exact) mass is 638 g/mol. The van der Waals surface area contributed by atoms with Crippen molar-refractivity contribution >= 4 is 49.3 Å². The van der Waals surface area contributed by atoms with E-state index in [4.69, 9.17) is 0 Å². The maximum absolute atomic E-state index is 2.44. The summed E-state index contributed by atoms with van der Waals surface area (Å²) in [6.07, 6.45) is 8.06. The van der Waals surface area contributed by atoms with E-state index in [-0.39, 0.29) is 0 Å². The summed E-state index contributed by atoms with van der Waals surface area (Å²) in [7, 11) is 0. The van der Waals surface area contributed by atoms with E-state index >= 15 is 0 Å². The maximum atomic E-state index is 2.44. The largest absolute Gasteiger partial charge is 0.310 e. The summed E-state index contributed by atoms with van der Waals surface area (Å²) >= 11 is 0. The van der Waals surface area contributed by atoms with Gasteiger partial charge >= 0.3 is 0 Å². The van der Waals surface area contributed by atoms with Crippen molar-refractivity contribution in [2.45, 2.75) is 12.3 Å². The smallest absolute Gasteiger partial charge is 0.0541 e. The number of allylic oxidation sites excluding steroid dienone is 4. The molecule has 0 amide bonds. The summed E-state index contributed by atoms with van der Waals surface area (Å²) in [4.78, 5) is 0. The maximum Gasteiger partial charge on any atom is 0.0541 e. The highest BCUT2D eigenvalue weighted by atomic mass is 15.0. The SMILES string of the molecule is C1=CC(c2ccccc2)CC=C1n1c2ccccc2c2cc(-c3ccc4c(c3)c3ccccc3n4-c3ccc(-c4ccccc4)cc3)ccc21. The van der Waals surface area contributed by atoms with Crippen LogP contribution < -0.4 is 0 Å². The lowest BCUT2D eigenvalue weighted by Crippen LogP contribution is -2.02. The third kappa shape index (κ3) is 4.64. The van der Waals surface area contributed by atoms with E-state index in [0.717, 1.165) is 6.42 Å². The topological polar surface area (TPSA) is 9.86 Å². The molecule has 1 aliphatic rings. The Hall–Kier alpha value is -6.38. The van der Waals surface area contributed by atoms with E-state index in [2.05, 4.69) is 197 Å². The summed E-state index contributed by atoms with van der Waals surface area (Å²) in [5.41, 5.74) is 13.6. The molecule has 0 fully saturated rings. The zero-order valence-corrected chi connectivity index (χ0v) is 27.6. The zero-order valence-electron chi connectivity index (χ0n) is 27.6. The Bertz CT molecular complexity index is 2760. The van der Waals surface area contributed by atoms with Crippen LogP contribution in [0.3, 0.4) is 0 Å². The van der Waals surface area contributed by atoms with Gasteiger partial charge in [-0.05, 0) is 88.8 Å². The highest BCUT2D eigenvalue weighted by molar-refractivity contribution is 6.13. The number of rotatable bonds is 5. The van der Waals surface area contributed by atoms with Gasteiger partial charge in [-0.15, -0.1) is 0 Å². The number of benzene rings is 7. The fourth-order valence-corrected chi connectivity index (χ4v) is 8.02. The van der Waals surface area contributed by atoms with E-state index in [1.54, 1.807) is 0 Å². The van der Waals surface area contributed by atoms with E-state index in [1.165, 1.54) is 82.8 Å². The molecule has 0 aliphatic heterocycles. The molecule has 0 radical (unpaired) electrons. The molecule has 0 saturated heterocycles. The average molecular weight is 639 g/mol. The Labute approximate surface area is 291 Å². The van der Waals surface area contributed by atoms with Gasteiger partial charge in [-0.1, -0.05) is 133 Å². The minimum absolute atomic E-state index is 0.411. The fourth-order valence-electron chi connectivity index (χ4n) is 8.02. The van der Waals surface area contributed by atoms with Crippen LogP contribution in [0.2, 0.25) is 0 Å². The Balaban J connectivity index is 1.06. The van der Waals surface area contributed by atoms with Crippen LogP contribution in [-0.4, -0.2) is 9.13 Å². The summed E-state index contributed by atoms with van der Waals surface area (Å²) in [6, 6.07) is 61.9. The minimum Gasteiger partial charge on any atom is -0.310 e. The molecule has 50 heavy (non-hydrogen) atoms. The molecule has 10 rings (SSSR count). The Morgan fingerprint density at radius 2 is 0.900 bits per heavy atom. The van der Waals surface area contributed by atoms with Crippen LogP contribution in [0.4, 0.5) is 0 Å². The molecule has 2 aromatic heterocycles. The summed E-state index contributed by atoms with van der Waals surface area (Å²) < 4.78 is 4.83. The van der Waals surface area contributed by atoms with E-state index in [9.17, 15) is 0 Å². The molecule has 0 saturated carbocycles. The molecule has 2 nitrogen and oxygen atoms in total. The van der Waals surface area contributed by atoms with Gasteiger partial charge in [-0.2, -0.15) is 0 Å². The molecule has 2 heteroatoms. The fraction of sp³-hybridized carbons (Fsp3) is 0.0417. The molecule has 0 N–H and O–H groups in total. The second-order valence-corrected chi connectivity index (χ2v) is 13.3. The highest BCUT2D eigenvalue weighted by Gasteiger charge is 2.18. The van der Waals surface area contributed by atoms with Crippen LogP contribution in [0.5, 0.6) is 0 Å². The van der Waals surface area contributed by atoms with Crippen molar-refractivity contribution in [1.82, 2.24) is 9.13 Å². The summed E-state index contributed by atoms with van der Waals surface area (Å²) in [5, 5.41) is 5.08. The minimum atomic E-state index is 0.411. The number of aromatic nitrogens is 2. The Morgan fingerprint density at radius 3 is 1.52 bits per heavy atom. The first-order valence-corrected chi connectivity index (χ1v) is 17.5. The van der Waals surface area contributed by atoms with Crippen LogP contribution in [0, 0.1) is 0 Å². The van der Waals surface area contributed by atoms with Crippen molar-refractivity contribution in [3.05, 3.63) is 194 Å². The second kappa shape index (κ2) is 11.6. The lowest BCUT2D eigenvalue weighted by molar-refractivity contribution is 0.850. The van der Waals surface area contributed by atoms with Crippen molar-refractivity contribution in [3.8, 4) is 27.9 Å². The Morgan fingerprint density at radius 1 is 0.400 bits per heavy atom. The van der Waals surface area contributed by atoms with Crippen LogP contribution in [0.25, 0.3) is 77.2 Å². The third-order valence-electron chi connectivity index (χ3n) is 10.5. The molecule has 7 aromatic carbocycles. The van der Waals surface area contributed by atoms with Gasteiger partial charge in [0.05, 0.1) is 22.1 Å². The molecular formula is C48H34N2. The predicted octanol–water partition coefficient (Wildman–Crippen LogP) is 12.8. The second-order valence-electron chi connectivity index (χ2n) is 13.3. The lowest BCUT2D eigenvalue weighted by Gasteiger charge is -2.18. The van der Waals surface area contributed by atoms with Crippen molar-refractivity contribution in [2.24, 2.45) is 0 Å². The number of nitrogens with zero attached hydrogens (tertiary/aromatic N) is 2. The summed E-state index contributed by atoms with van der Waals surface area (Å²) in [5.74, 6) is 0.411. The van der Waals surface area contributed by atoms with E-state index in [0.29, 0.717) is 5.92 Å². The van der Waals surface area contributed by atoms with Crippen LogP contribution >= 0.6 is 0 Å². The number of hydrogen-bond acceptors (Lipinski definition) is 0. The van der Waals surface area contributed by atoms with Crippen molar-refractivity contribution in [3.63, 3.8) is 0 Å². The van der Waals surface area contributed by atoms with Crippen molar-refractivity contribution in [1.29, 1.82) is 0 Å². The van der Waals surface area contributed by atoms with Gasteiger partial charge in [0.15, 0.2) is 0 Å². The highest BCUT2D eigenvalue weighted by Crippen LogP contribution is 2.39. The van der Waals surface area contributed by atoms with Crippen molar-refractivity contribution < 1.29 is 0 Å². The number of para-hydroxylation sites is 2. The molecule has 9 aromatic rings. The first kappa shape index (κ1) is 28.6. The molecule has 236 valence electrons. The van der Waals surface area contributed by atoms with Gasteiger partial charge in [-0.3, -0.25) is 0 Å². The average Bonchev–Trinajstić information content (AvgIpc) is 3.71. The van der Waals surface area contributed by atoms with Crippen LogP contribution in [0.1, 0.15) is 17.9 Å². The molecule has 0 spiro atoms. The van der Waals surface area contributed by atoms with Gasteiger partial charge in [0.2, 0.25) is 0 Å². The Kier molecular flexibility index (Phi) is 6.67. The summed E-state index contributed by atoms with van der Waals surface area (Å²) in [6.45, 7) is 0. The van der Waals surface area contributed by atoms with Gasteiger partial charge in [0, 0.05) is 38.8 Å². The van der Waals surface area contributed by atoms with Gasteiger partial charge < -0.3 is 9.13 Å². The zero-order chi connectivity index (χ0) is 33.0. The molecule has 1 unspecified atom stereocenters. The molecular weight excluding hydrogens is 605 g/mol. The molecule has 2 heterocycles. The molecule has 1 atom stereocenters. The van der Waals surface area contributed by atoms with Crippen LogP contribution in [0.15, 0.2) is 188 Å². The van der Waals surface area contributed by atoms with Crippen LogP contribution in [-0.2, 0) is 0 Å². The third-order valence-corrected chi connectivity index (χ3v) is 10.5. The van der Waals surface area contributed by atoms with Gasteiger partial charge in [0.25, 0.3) is 0 Å². The van der Waals surface area contributed by atoms with E-state index in [1.807, 2.05) is 0 Å². The number of fused-ring (bicyclic) bond motifs is 6. The first-order valence-electron chi connectivity index (χ1n) is 17.5. The van der Waals surface area contributed by atoms with Gasteiger partial charge in [0.1, 0.15) is 0 Å². The predicted molar refractivity (Wildman–Crippen MR) is 212 cm³/mol. The lowest BCUT2D eigenvalue weighted by atomic mass is 9.92. The van der Waals surface area contributed by atoms with Gasteiger partial charge in [-0.25, -0.2) is 0 Å². The molecule has 0 bridgehead atoms. The number of hydrogen-bond donors (Lipinski definition) is 0. The van der Waals surface area contributed by atoms with Crippen molar-refractivity contribution in [2.75, 3.05) is 0 Å². The molecule has 1 aliphatic carbocycles.